The van der Waals surface area contributed by atoms with Crippen molar-refractivity contribution in [1.82, 2.24) is 4.90 Å². The molecule has 1 saturated heterocycles. The van der Waals surface area contributed by atoms with Crippen LogP contribution in [0.25, 0.3) is 11.1 Å². The summed E-state index contributed by atoms with van der Waals surface area (Å²) in [6.07, 6.45) is 2.39. The number of nitrogens with zero attached hydrogens (tertiary/aromatic N) is 1. The quantitative estimate of drug-likeness (QED) is 0.736. The Hall–Kier alpha value is -2.37. The summed E-state index contributed by atoms with van der Waals surface area (Å²) in [5, 5.41) is 2.92. The smallest absolute Gasteiger partial charge is 0.411 e. The molecule has 3 rings (SSSR count). The Morgan fingerprint density at radius 3 is 2.52 bits per heavy atom. The third-order valence-corrected chi connectivity index (χ3v) is 4.88. The zero-order chi connectivity index (χ0) is 18.9. The molecule has 0 unspecified atom stereocenters. The highest BCUT2D eigenvalue weighted by molar-refractivity contribution is 5.91. The third-order valence-electron chi connectivity index (χ3n) is 4.88. The molecule has 1 amide bonds. The number of hydrogen-bond donors (Lipinski definition) is 1. The number of carbonyl (C=O) groups excluding carboxylic acids is 1. The largest absolute Gasteiger partial charge is 0.446 e. The van der Waals surface area contributed by atoms with Gasteiger partial charge in [-0.3, -0.25) is 5.32 Å². The first kappa shape index (κ1) is 19.4. The first-order chi connectivity index (χ1) is 13.3. The van der Waals surface area contributed by atoms with Crippen LogP contribution in [0.1, 0.15) is 19.3 Å². The van der Waals surface area contributed by atoms with Crippen molar-refractivity contribution in [3.63, 3.8) is 0 Å². The second kappa shape index (κ2) is 10.1. The van der Waals surface area contributed by atoms with Crippen LogP contribution < -0.4 is 5.32 Å². The molecule has 1 fully saturated rings. The summed E-state index contributed by atoms with van der Waals surface area (Å²) in [4.78, 5) is 14.8. The summed E-state index contributed by atoms with van der Waals surface area (Å²) in [5.41, 5.74) is 2.83. The van der Waals surface area contributed by atoms with E-state index in [1.807, 2.05) is 54.6 Å². The van der Waals surface area contributed by atoms with Gasteiger partial charge >= 0.3 is 6.09 Å². The second-order valence-corrected chi connectivity index (χ2v) is 6.83. The average molecular weight is 368 g/mol. The summed E-state index contributed by atoms with van der Waals surface area (Å²) < 4.78 is 10.8. The molecule has 0 bridgehead atoms. The van der Waals surface area contributed by atoms with Crippen molar-refractivity contribution in [2.24, 2.45) is 0 Å². The minimum absolute atomic E-state index is 0.0208. The molecular weight excluding hydrogens is 340 g/mol. The lowest BCUT2D eigenvalue weighted by molar-refractivity contribution is 0.0561. The predicted octanol–water partition coefficient (Wildman–Crippen LogP) is 4.40. The van der Waals surface area contributed by atoms with Gasteiger partial charge in [0.2, 0.25) is 0 Å². The highest BCUT2D eigenvalue weighted by atomic mass is 16.6. The highest BCUT2D eigenvalue weighted by Gasteiger charge is 2.22. The Balaban J connectivity index is 1.51. The Kier molecular flexibility index (Phi) is 7.25. The van der Waals surface area contributed by atoms with Crippen molar-refractivity contribution in [3.8, 4) is 11.1 Å². The zero-order valence-electron chi connectivity index (χ0n) is 15.9. The minimum atomic E-state index is -0.379. The number of rotatable bonds is 7. The SMILES string of the molecule is COCCCN1CCC(OC(=O)Nc2ccccc2-c2ccccc2)CC1. The Morgan fingerprint density at radius 1 is 1.07 bits per heavy atom. The van der Waals surface area contributed by atoms with E-state index in [-0.39, 0.29) is 12.2 Å². The molecule has 27 heavy (non-hydrogen) atoms. The fourth-order valence-corrected chi connectivity index (χ4v) is 3.44. The van der Waals surface area contributed by atoms with E-state index < -0.39 is 0 Å². The lowest BCUT2D eigenvalue weighted by Gasteiger charge is -2.31. The van der Waals surface area contributed by atoms with Crippen LogP contribution in [0.15, 0.2) is 54.6 Å². The average Bonchev–Trinajstić information content (AvgIpc) is 2.70. The van der Waals surface area contributed by atoms with Crippen LogP contribution in [0.5, 0.6) is 0 Å². The number of methoxy groups -OCH3 is 1. The molecule has 1 N–H and O–H groups in total. The lowest BCUT2D eigenvalue weighted by atomic mass is 10.0. The maximum atomic E-state index is 12.4. The van der Waals surface area contributed by atoms with Gasteiger partial charge in [0, 0.05) is 38.9 Å². The number of anilines is 1. The molecule has 2 aromatic rings. The molecule has 0 saturated carbocycles. The zero-order valence-corrected chi connectivity index (χ0v) is 15.9. The topological polar surface area (TPSA) is 50.8 Å². The summed E-state index contributed by atoms with van der Waals surface area (Å²) in [6, 6.07) is 17.8. The minimum Gasteiger partial charge on any atom is -0.446 e. The van der Waals surface area contributed by atoms with Gasteiger partial charge in [-0.05, 0) is 30.9 Å². The van der Waals surface area contributed by atoms with Gasteiger partial charge in [-0.1, -0.05) is 48.5 Å². The van der Waals surface area contributed by atoms with Crippen LogP contribution in [0.4, 0.5) is 10.5 Å². The number of carbonyl (C=O) groups is 1. The van der Waals surface area contributed by atoms with Gasteiger partial charge in [-0.15, -0.1) is 0 Å². The highest BCUT2D eigenvalue weighted by Crippen LogP contribution is 2.28. The van der Waals surface area contributed by atoms with E-state index in [0.717, 1.165) is 62.3 Å². The molecule has 1 aliphatic heterocycles. The predicted molar refractivity (Wildman–Crippen MR) is 108 cm³/mol. The van der Waals surface area contributed by atoms with E-state index in [9.17, 15) is 4.79 Å². The van der Waals surface area contributed by atoms with Crippen LogP contribution >= 0.6 is 0 Å². The van der Waals surface area contributed by atoms with Crippen LogP contribution in [0, 0.1) is 0 Å². The molecule has 2 aromatic carbocycles. The van der Waals surface area contributed by atoms with E-state index in [1.165, 1.54) is 0 Å². The molecule has 0 atom stereocenters. The molecule has 0 aliphatic carbocycles. The molecule has 0 aromatic heterocycles. The number of para-hydroxylation sites is 1. The molecule has 5 heteroatoms. The number of ether oxygens (including phenoxy) is 2. The van der Waals surface area contributed by atoms with Gasteiger partial charge in [0.15, 0.2) is 0 Å². The molecular formula is C22H28N2O3. The monoisotopic (exact) mass is 368 g/mol. The molecule has 5 nitrogen and oxygen atoms in total. The maximum Gasteiger partial charge on any atom is 0.411 e. The van der Waals surface area contributed by atoms with Crippen molar-refractivity contribution in [2.45, 2.75) is 25.4 Å². The van der Waals surface area contributed by atoms with Crippen LogP contribution in [0.2, 0.25) is 0 Å². The van der Waals surface area contributed by atoms with Gasteiger partial charge in [0.25, 0.3) is 0 Å². The van der Waals surface area contributed by atoms with Gasteiger partial charge in [-0.25, -0.2) is 4.79 Å². The van der Waals surface area contributed by atoms with Gasteiger partial charge in [-0.2, -0.15) is 0 Å². The Labute approximate surface area is 161 Å². The number of benzene rings is 2. The summed E-state index contributed by atoms with van der Waals surface area (Å²) in [6.45, 7) is 3.75. The van der Waals surface area contributed by atoms with Crippen molar-refractivity contribution >= 4 is 11.8 Å². The maximum absolute atomic E-state index is 12.4. The number of nitrogens with one attached hydrogen (secondary N) is 1. The molecule has 1 heterocycles. The van der Waals surface area contributed by atoms with Crippen molar-refractivity contribution < 1.29 is 14.3 Å². The van der Waals surface area contributed by atoms with Crippen LogP contribution in [-0.2, 0) is 9.47 Å². The molecule has 144 valence electrons. The summed E-state index contributed by atoms with van der Waals surface area (Å²) in [7, 11) is 1.73. The van der Waals surface area contributed by atoms with Crippen molar-refractivity contribution in [3.05, 3.63) is 54.6 Å². The van der Waals surface area contributed by atoms with Crippen LogP contribution in [0.3, 0.4) is 0 Å². The summed E-state index contributed by atoms with van der Waals surface area (Å²) >= 11 is 0. The van der Waals surface area contributed by atoms with E-state index in [4.69, 9.17) is 9.47 Å². The Morgan fingerprint density at radius 2 is 1.78 bits per heavy atom. The van der Waals surface area contributed by atoms with E-state index in [2.05, 4.69) is 10.2 Å². The van der Waals surface area contributed by atoms with E-state index in [1.54, 1.807) is 7.11 Å². The summed E-state index contributed by atoms with van der Waals surface area (Å²) in [5.74, 6) is 0. The van der Waals surface area contributed by atoms with Crippen LogP contribution in [-0.4, -0.2) is 50.4 Å². The third kappa shape index (κ3) is 5.81. The van der Waals surface area contributed by atoms with E-state index >= 15 is 0 Å². The Bertz CT molecular complexity index is 713. The second-order valence-electron chi connectivity index (χ2n) is 6.83. The number of likely N-dealkylation sites (tertiary alicyclic amines) is 1. The van der Waals surface area contributed by atoms with Gasteiger partial charge in [0.1, 0.15) is 6.10 Å². The van der Waals surface area contributed by atoms with E-state index in [0.29, 0.717) is 0 Å². The van der Waals surface area contributed by atoms with Gasteiger partial charge in [0.05, 0.1) is 5.69 Å². The first-order valence-electron chi connectivity index (χ1n) is 9.59. The molecule has 0 spiro atoms. The molecule has 0 radical (unpaired) electrons. The van der Waals surface area contributed by atoms with Gasteiger partial charge < -0.3 is 14.4 Å². The normalized spacial score (nSPS) is 15.4. The number of piperidine rings is 1. The standard InChI is InChI=1S/C22H28N2O3/c1-26-17-7-14-24-15-12-19(13-16-24)27-22(25)23-21-11-6-5-10-20(21)18-8-3-2-4-9-18/h2-6,8-11,19H,7,12-17H2,1H3,(H,23,25). The number of hydrogen-bond acceptors (Lipinski definition) is 4. The number of amides is 1. The molecule has 1 aliphatic rings. The fourth-order valence-electron chi connectivity index (χ4n) is 3.44. The lowest BCUT2D eigenvalue weighted by Crippen LogP contribution is -2.39. The first-order valence-corrected chi connectivity index (χ1v) is 9.59. The fraction of sp³-hybridized carbons (Fsp3) is 0.409. The van der Waals surface area contributed by atoms with Crippen molar-refractivity contribution in [2.75, 3.05) is 38.7 Å². The van der Waals surface area contributed by atoms with Crippen molar-refractivity contribution in [1.29, 1.82) is 0 Å².